The van der Waals surface area contributed by atoms with E-state index in [1.165, 1.54) is 24.1 Å². The van der Waals surface area contributed by atoms with Crippen LogP contribution < -0.4 is 15.8 Å². The van der Waals surface area contributed by atoms with Gasteiger partial charge in [0.15, 0.2) is 5.82 Å². The Kier molecular flexibility index (Phi) is 6.53. The van der Waals surface area contributed by atoms with Crippen LogP contribution in [0.25, 0.3) is 11.1 Å². The molecule has 0 saturated carbocycles. The van der Waals surface area contributed by atoms with Crippen molar-refractivity contribution in [2.24, 2.45) is 7.05 Å². The number of hydrogen-bond donors (Lipinski definition) is 1. The van der Waals surface area contributed by atoms with Gasteiger partial charge in [0.2, 0.25) is 0 Å². The Morgan fingerprint density at radius 1 is 1.07 bits per heavy atom. The van der Waals surface area contributed by atoms with E-state index in [9.17, 15) is 9.59 Å². The summed E-state index contributed by atoms with van der Waals surface area (Å²) >= 11 is 0. The van der Waals surface area contributed by atoms with Crippen LogP contribution in [-0.2, 0) is 45.9 Å². The Morgan fingerprint density at radius 3 is 2.74 bits per heavy atom. The van der Waals surface area contributed by atoms with Crippen molar-refractivity contribution in [1.29, 1.82) is 0 Å². The predicted molar refractivity (Wildman–Crippen MR) is 163 cm³/mol. The fraction of sp³-hybridized carbons (Fsp3) is 0.438. The summed E-state index contributed by atoms with van der Waals surface area (Å²) < 4.78 is 5.86. The van der Waals surface area contributed by atoms with Crippen LogP contribution in [0.3, 0.4) is 0 Å². The molecule has 10 heteroatoms. The highest BCUT2D eigenvalue weighted by Crippen LogP contribution is 2.35. The average Bonchev–Trinajstić information content (AvgIpc) is 3.56. The lowest BCUT2D eigenvalue weighted by molar-refractivity contribution is 0.0963. The summed E-state index contributed by atoms with van der Waals surface area (Å²) in [6, 6.07) is 8.40. The van der Waals surface area contributed by atoms with Crippen molar-refractivity contribution < 1.29 is 4.79 Å². The van der Waals surface area contributed by atoms with Crippen LogP contribution in [-0.4, -0.2) is 54.3 Å². The van der Waals surface area contributed by atoms with Gasteiger partial charge >= 0.3 is 0 Å². The number of hydrogen-bond acceptors (Lipinski definition) is 6. The van der Waals surface area contributed by atoms with Gasteiger partial charge in [-0.1, -0.05) is 6.92 Å². The fourth-order valence-corrected chi connectivity index (χ4v) is 6.86. The summed E-state index contributed by atoms with van der Waals surface area (Å²) in [7, 11) is 3.88. The molecule has 0 radical (unpaired) electrons. The molecule has 1 N–H and O–H groups in total. The highest BCUT2D eigenvalue weighted by Gasteiger charge is 2.32. The third-order valence-electron chi connectivity index (χ3n) is 9.28. The Hall–Kier alpha value is -4.18. The number of nitrogens with one attached hydrogen (secondary N) is 1. The number of fused-ring (bicyclic) bond motifs is 4. The maximum Gasteiger partial charge on any atom is 0.276 e. The second-order valence-corrected chi connectivity index (χ2v) is 12.0. The first-order valence-electron chi connectivity index (χ1n) is 15.1. The van der Waals surface area contributed by atoms with E-state index in [1.54, 1.807) is 17.8 Å². The minimum atomic E-state index is -0.126. The third-order valence-corrected chi connectivity index (χ3v) is 9.28. The van der Waals surface area contributed by atoms with Gasteiger partial charge in [0.05, 0.1) is 12.2 Å². The van der Waals surface area contributed by atoms with Gasteiger partial charge in [0.25, 0.3) is 11.5 Å². The molecular formula is C32H38N8O2. The SMILES string of the molecule is CCc1c(-c2cc(Nc3cc4n(n3)CC(C)N(C)C4)c(=O)n(C)c2)ccnc1N1CCn2c(cc3c2CCCC3)C1=O. The van der Waals surface area contributed by atoms with E-state index in [0.717, 1.165) is 60.6 Å². The van der Waals surface area contributed by atoms with E-state index in [1.807, 2.05) is 34.0 Å². The van der Waals surface area contributed by atoms with E-state index in [0.29, 0.717) is 36.3 Å². The van der Waals surface area contributed by atoms with Crippen molar-refractivity contribution in [2.45, 2.75) is 71.6 Å². The standard InChI is InChI=1S/C32H38N8O2/c1-5-24-25(10-11-33-30(24)39-13-12-38-27-9-7-6-8-21(27)15-28(38)32(39)42)22-14-26(31(41)37(4)18-22)34-29-16-23-19-36(3)20(2)17-40(23)35-29/h10-11,14-16,18,20H,5-9,12-13,17,19H2,1-4H3,(H,34,35). The summed E-state index contributed by atoms with van der Waals surface area (Å²) in [5.41, 5.74) is 7.75. The molecule has 7 rings (SSSR count). The molecule has 2 aliphatic heterocycles. The molecular weight excluding hydrogens is 528 g/mol. The van der Waals surface area contributed by atoms with E-state index in [-0.39, 0.29) is 11.5 Å². The number of likely N-dealkylation sites (N-methyl/N-ethyl adjacent to an activating group) is 1. The van der Waals surface area contributed by atoms with Gasteiger partial charge in [-0.25, -0.2) is 4.98 Å². The van der Waals surface area contributed by atoms with Crippen molar-refractivity contribution in [2.75, 3.05) is 23.8 Å². The van der Waals surface area contributed by atoms with E-state index in [4.69, 9.17) is 10.1 Å². The molecule has 1 amide bonds. The van der Waals surface area contributed by atoms with Crippen LogP contribution in [0.1, 0.15) is 59.7 Å². The molecule has 0 spiro atoms. The predicted octanol–water partition coefficient (Wildman–Crippen LogP) is 4.12. The lowest BCUT2D eigenvalue weighted by atomic mass is 9.98. The molecule has 0 fully saturated rings. The lowest BCUT2D eigenvalue weighted by Gasteiger charge is -2.31. The first-order valence-corrected chi connectivity index (χ1v) is 15.1. The molecule has 0 aromatic carbocycles. The minimum absolute atomic E-state index is 0.0153. The molecule has 10 nitrogen and oxygen atoms in total. The van der Waals surface area contributed by atoms with E-state index in [2.05, 4.69) is 41.7 Å². The lowest BCUT2D eigenvalue weighted by Crippen LogP contribution is -2.41. The monoisotopic (exact) mass is 566 g/mol. The zero-order chi connectivity index (χ0) is 29.1. The highest BCUT2D eigenvalue weighted by molar-refractivity contribution is 6.06. The largest absolute Gasteiger partial charge is 0.339 e. The normalized spacial score (nSPS) is 18.5. The second kappa shape index (κ2) is 10.3. The summed E-state index contributed by atoms with van der Waals surface area (Å²) in [6.45, 7) is 7.28. The number of amides is 1. The fourth-order valence-electron chi connectivity index (χ4n) is 6.86. The number of carbonyl (C=O) groups excluding carboxylic acids is 1. The molecule has 42 heavy (non-hydrogen) atoms. The number of pyridine rings is 2. The molecule has 3 aliphatic rings. The summed E-state index contributed by atoms with van der Waals surface area (Å²) in [5, 5.41) is 8.04. The zero-order valence-corrected chi connectivity index (χ0v) is 24.9. The van der Waals surface area contributed by atoms with Gasteiger partial charge in [0, 0.05) is 68.0 Å². The van der Waals surface area contributed by atoms with E-state index < -0.39 is 0 Å². The van der Waals surface area contributed by atoms with Crippen LogP contribution in [0.15, 0.2) is 41.5 Å². The van der Waals surface area contributed by atoms with Crippen molar-refractivity contribution in [3.63, 3.8) is 0 Å². The number of carbonyl (C=O) groups is 1. The molecule has 1 atom stereocenters. The number of aromatic nitrogens is 5. The van der Waals surface area contributed by atoms with Crippen LogP contribution >= 0.6 is 0 Å². The Bertz CT molecular complexity index is 1740. The maximum atomic E-state index is 13.8. The van der Waals surface area contributed by atoms with E-state index >= 15 is 0 Å². The van der Waals surface area contributed by atoms with Crippen molar-refractivity contribution >= 4 is 23.2 Å². The van der Waals surface area contributed by atoms with Crippen LogP contribution in [0.4, 0.5) is 17.3 Å². The number of nitrogens with zero attached hydrogens (tertiary/aromatic N) is 7. The smallest absolute Gasteiger partial charge is 0.276 e. The van der Waals surface area contributed by atoms with Gasteiger partial charge in [-0.2, -0.15) is 5.10 Å². The number of anilines is 3. The molecule has 1 aliphatic carbocycles. The number of rotatable bonds is 5. The van der Waals surface area contributed by atoms with Gasteiger partial charge in [-0.3, -0.25) is 24.1 Å². The molecule has 218 valence electrons. The van der Waals surface area contributed by atoms with Gasteiger partial charge in [-0.15, -0.1) is 0 Å². The highest BCUT2D eigenvalue weighted by atomic mass is 16.2. The van der Waals surface area contributed by atoms with Crippen LogP contribution in [0, 0.1) is 0 Å². The summed E-state index contributed by atoms with van der Waals surface area (Å²) in [4.78, 5) is 35.9. The number of aryl methyl sites for hydroxylation is 2. The van der Waals surface area contributed by atoms with Gasteiger partial charge in [0.1, 0.15) is 17.2 Å². The van der Waals surface area contributed by atoms with Crippen molar-refractivity contribution in [3.05, 3.63) is 75.2 Å². The van der Waals surface area contributed by atoms with Crippen molar-refractivity contribution in [1.82, 2.24) is 28.8 Å². The molecule has 6 heterocycles. The van der Waals surface area contributed by atoms with Crippen molar-refractivity contribution in [3.8, 4) is 11.1 Å². The molecule has 1 unspecified atom stereocenters. The Balaban J connectivity index is 1.23. The molecule has 4 aromatic heterocycles. The Morgan fingerprint density at radius 2 is 1.90 bits per heavy atom. The minimum Gasteiger partial charge on any atom is -0.339 e. The summed E-state index contributed by atoms with van der Waals surface area (Å²) in [6.07, 6.45) is 8.81. The maximum absolute atomic E-state index is 13.8. The van der Waals surface area contributed by atoms with Gasteiger partial charge in [-0.05, 0) is 75.4 Å². The molecule has 0 saturated heterocycles. The zero-order valence-electron chi connectivity index (χ0n) is 24.9. The molecule has 0 bridgehead atoms. The van der Waals surface area contributed by atoms with Crippen LogP contribution in [0.5, 0.6) is 0 Å². The first kappa shape index (κ1) is 26.7. The van der Waals surface area contributed by atoms with Crippen LogP contribution in [0.2, 0.25) is 0 Å². The van der Waals surface area contributed by atoms with Gasteiger partial charge < -0.3 is 14.5 Å². The third kappa shape index (κ3) is 4.36. The summed E-state index contributed by atoms with van der Waals surface area (Å²) in [5.74, 6) is 1.38. The molecule has 4 aromatic rings. The average molecular weight is 567 g/mol. The second-order valence-electron chi connectivity index (χ2n) is 12.0. The topological polar surface area (TPSA) is 93.2 Å². The first-order chi connectivity index (χ1) is 20.3. The Labute approximate surface area is 245 Å². The quantitative estimate of drug-likeness (QED) is 0.391.